The molecule has 12 atom stereocenters. The minimum atomic E-state index is -2.45. The second-order valence-corrected chi connectivity index (χ2v) is 15.6. The summed E-state index contributed by atoms with van der Waals surface area (Å²) >= 11 is 0. The standard InChI is InChI=1S/C44H69NO15/c1-30-40(52)39(45)41(53)43(59-30)60-37-19-14-12-10-8-6-4-2-3-5-7-9-11-13-16-32(46)23-25-58-38(51)28-35(49)26-33(47)17-15-18-34(48)27-36(50)29-44(56,57)24-22-31(20-21-37)42(54)55/h2-14,19,30-37,39-41,43,46-50,52-53,56-57H,15-18,20-29,45H2,1H3,(H,54,55)/b4-2+,5-3+,8-6+,9-7+,12-10+,13-11+,19-14+/t30?,31-,32+,33+,34-,35+,36-,37-,39?,40?,41?,43?/m0/s1. The molecule has 340 valence electrons. The molecule has 2 aliphatic rings. The number of carbonyl (C=O) groups excluding carboxylic acids is 1. The maximum atomic E-state index is 12.2. The van der Waals surface area contributed by atoms with Crippen molar-refractivity contribution in [3.8, 4) is 0 Å². The molecule has 1 fully saturated rings. The molecule has 0 aromatic carbocycles. The molecule has 60 heavy (non-hydrogen) atoms. The lowest BCUT2D eigenvalue weighted by Gasteiger charge is -2.40. The molecule has 0 aromatic heterocycles. The fraction of sp³-hybridized carbons (Fsp3) is 0.636. The van der Waals surface area contributed by atoms with Crippen molar-refractivity contribution in [2.75, 3.05) is 6.61 Å². The van der Waals surface area contributed by atoms with Crippen LogP contribution in [-0.4, -0.2) is 143 Å². The number of ether oxygens (including phenoxy) is 3. The van der Waals surface area contributed by atoms with E-state index in [4.69, 9.17) is 19.9 Å². The van der Waals surface area contributed by atoms with Gasteiger partial charge in [0.1, 0.15) is 6.10 Å². The third kappa shape index (κ3) is 23.0. The number of nitrogens with two attached hydrogens (primary N) is 1. The highest BCUT2D eigenvalue weighted by Gasteiger charge is 2.42. The molecule has 12 N–H and O–H groups in total. The number of carboxylic acid groups (broad SMARTS) is 1. The Bertz CT molecular complexity index is 1440. The second-order valence-electron chi connectivity index (χ2n) is 15.6. The van der Waals surface area contributed by atoms with Gasteiger partial charge in [0, 0.05) is 19.3 Å². The summed E-state index contributed by atoms with van der Waals surface area (Å²) in [4.78, 5) is 24.4. The summed E-state index contributed by atoms with van der Waals surface area (Å²) < 4.78 is 16.8. The van der Waals surface area contributed by atoms with Crippen LogP contribution < -0.4 is 5.73 Å². The van der Waals surface area contributed by atoms with E-state index in [1.807, 2.05) is 30.4 Å². The van der Waals surface area contributed by atoms with Gasteiger partial charge in [0.05, 0.1) is 73.8 Å². The molecule has 0 spiro atoms. The Labute approximate surface area is 353 Å². The molecule has 2 rings (SSSR count). The number of rotatable bonds is 3. The van der Waals surface area contributed by atoms with Crippen molar-refractivity contribution in [2.24, 2.45) is 11.7 Å². The highest BCUT2D eigenvalue weighted by molar-refractivity contribution is 5.70. The average Bonchev–Trinajstić information content (AvgIpc) is 3.16. The molecule has 0 aromatic rings. The highest BCUT2D eigenvalue weighted by atomic mass is 16.7. The highest BCUT2D eigenvalue weighted by Crippen LogP contribution is 2.27. The summed E-state index contributed by atoms with van der Waals surface area (Å²) in [5.41, 5.74) is 5.98. The van der Waals surface area contributed by atoms with Gasteiger partial charge in [-0.3, -0.25) is 9.59 Å². The lowest BCUT2D eigenvalue weighted by molar-refractivity contribution is -0.276. The average molecular weight is 852 g/mol. The summed E-state index contributed by atoms with van der Waals surface area (Å²) in [6.45, 7) is 1.55. The fourth-order valence-electron chi connectivity index (χ4n) is 6.65. The minimum absolute atomic E-state index is 0.0260. The van der Waals surface area contributed by atoms with Gasteiger partial charge in [0.2, 0.25) is 0 Å². The van der Waals surface area contributed by atoms with E-state index in [2.05, 4.69) is 0 Å². The number of cyclic esters (lactones) is 1. The third-order valence-electron chi connectivity index (χ3n) is 10.2. The summed E-state index contributed by atoms with van der Waals surface area (Å²) in [5, 5.41) is 104. The van der Waals surface area contributed by atoms with Crippen molar-refractivity contribution in [1.29, 1.82) is 0 Å². The van der Waals surface area contributed by atoms with Gasteiger partial charge in [-0.15, -0.1) is 0 Å². The van der Waals surface area contributed by atoms with Crippen LogP contribution in [0.15, 0.2) is 85.1 Å². The lowest BCUT2D eigenvalue weighted by atomic mass is 9.90. The smallest absolute Gasteiger partial charge is 0.308 e. The van der Waals surface area contributed by atoms with Crippen LogP contribution in [0.2, 0.25) is 0 Å². The van der Waals surface area contributed by atoms with E-state index in [0.717, 1.165) is 0 Å². The van der Waals surface area contributed by atoms with Crippen molar-refractivity contribution in [1.82, 2.24) is 0 Å². The number of esters is 1. The summed E-state index contributed by atoms with van der Waals surface area (Å²) in [7, 11) is 0. The molecule has 0 amide bonds. The monoisotopic (exact) mass is 851 g/mol. The fourth-order valence-corrected chi connectivity index (χ4v) is 6.65. The minimum Gasteiger partial charge on any atom is -0.481 e. The van der Waals surface area contributed by atoms with Gasteiger partial charge in [0.15, 0.2) is 12.1 Å². The zero-order valence-electron chi connectivity index (χ0n) is 34.5. The van der Waals surface area contributed by atoms with Gasteiger partial charge in [-0.2, -0.15) is 0 Å². The van der Waals surface area contributed by atoms with E-state index in [9.17, 15) is 60.7 Å². The number of aliphatic hydroxyl groups excluding tert-OH is 7. The van der Waals surface area contributed by atoms with E-state index in [1.165, 1.54) is 0 Å². The molecule has 16 heteroatoms. The van der Waals surface area contributed by atoms with Gasteiger partial charge >= 0.3 is 11.9 Å². The Morgan fingerprint density at radius 2 is 1.28 bits per heavy atom. The Balaban J connectivity index is 2.15. The number of allylic oxidation sites excluding steroid dienone is 12. The first kappa shape index (κ1) is 52.8. The largest absolute Gasteiger partial charge is 0.481 e. The maximum absolute atomic E-state index is 12.2. The molecule has 1 saturated heterocycles. The number of hydrogen-bond acceptors (Lipinski definition) is 15. The van der Waals surface area contributed by atoms with Crippen LogP contribution in [0.1, 0.15) is 90.4 Å². The van der Waals surface area contributed by atoms with Gasteiger partial charge in [-0.1, -0.05) is 85.1 Å². The number of hydrogen-bond donors (Lipinski definition) is 11. The normalized spacial score (nSPS) is 38.7. The first-order valence-electron chi connectivity index (χ1n) is 20.8. The van der Waals surface area contributed by atoms with Crippen LogP contribution in [0.25, 0.3) is 0 Å². The van der Waals surface area contributed by atoms with Crippen LogP contribution >= 0.6 is 0 Å². The van der Waals surface area contributed by atoms with Crippen molar-refractivity contribution in [2.45, 2.75) is 163 Å². The van der Waals surface area contributed by atoms with Crippen molar-refractivity contribution >= 4 is 11.9 Å². The van der Waals surface area contributed by atoms with Crippen molar-refractivity contribution < 1.29 is 74.9 Å². The van der Waals surface area contributed by atoms with E-state index >= 15 is 0 Å². The number of aliphatic carboxylic acids is 1. The Kier molecular flexibility index (Phi) is 25.5. The second kappa shape index (κ2) is 29.0. The summed E-state index contributed by atoms with van der Waals surface area (Å²) in [5.74, 6) is -5.35. The molecule has 2 heterocycles. The molecule has 0 radical (unpaired) electrons. The van der Waals surface area contributed by atoms with Crippen LogP contribution in [0.3, 0.4) is 0 Å². The predicted octanol–water partition coefficient (Wildman–Crippen LogP) is 1.87. The van der Waals surface area contributed by atoms with E-state index in [-0.39, 0.29) is 64.4 Å². The van der Waals surface area contributed by atoms with E-state index in [1.54, 1.807) is 61.6 Å². The maximum Gasteiger partial charge on any atom is 0.308 e. The Morgan fingerprint density at radius 1 is 0.717 bits per heavy atom. The SMILES string of the molecule is CC1OC(O[C@H]2/C=C/C=C/C=C/C=C/C=C/C=C/C=C/C[C@@H](O)CCOC(=O)C[C@H](O)C[C@H](O)CCC[C@H](O)C[C@H](O)CC(O)(O)CC[C@@H](C(=O)O)CC2)C(O)C(N)C1O. The van der Waals surface area contributed by atoms with Crippen LogP contribution in [0, 0.1) is 5.92 Å². The van der Waals surface area contributed by atoms with Gasteiger partial charge in [-0.25, -0.2) is 0 Å². The molecule has 2 aliphatic heterocycles. The van der Waals surface area contributed by atoms with Crippen molar-refractivity contribution in [3.05, 3.63) is 85.1 Å². The molecule has 5 unspecified atom stereocenters. The molecule has 0 bridgehead atoms. The van der Waals surface area contributed by atoms with Gasteiger partial charge in [0.25, 0.3) is 0 Å². The van der Waals surface area contributed by atoms with Crippen molar-refractivity contribution in [3.63, 3.8) is 0 Å². The zero-order chi connectivity index (χ0) is 44.5. The number of carbonyl (C=O) groups is 2. The Hall–Kier alpha value is -3.36. The molecular weight excluding hydrogens is 782 g/mol. The molecule has 16 nitrogen and oxygen atoms in total. The predicted molar refractivity (Wildman–Crippen MR) is 222 cm³/mol. The molecule has 0 saturated carbocycles. The molecule has 0 aliphatic carbocycles. The van der Waals surface area contributed by atoms with E-state index < -0.39 is 104 Å². The summed E-state index contributed by atoms with van der Waals surface area (Å²) in [6.07, 6.45) is 13.9. The van der Waals surface area contributed by atoms with Crippen LogP contribution in [-0.2, 0) is 23.8 Å². The first-order valence-corrected chi connectivity index (χ1v) is 20.8. The number of carboxylic acids is 1. The van der Waals surface area contributed by atoms with E-state index in [0.29, 0.717) is 12.8 Å². The topological polar surface area (TPSA) is 290 Å². The van der Waals surface area contributed by atoms with Gasteiger partial charge < -0.3 is 71.0 Å². The third-order valence-corrected chi connectivity index (χ3v) is 10.2. The first-order chi connectivity index (χ1) is 28.5. The van der Waals surface area contributed by atoms with Crippen LogP contribution in [0.5, 0.6) is 0 Å². The number of aliphatic hydroxyl groups is 9. The quantitative estimate of drug-likeness (QED) is 0.143. The lowest BCUT2D eigenvalue weighted by Crippen LogP contribution is -2.61. The zero-order valence-corrected chi connectivity index (χ0v) is 34.5. The van der Waals surface area contributed by atoms with Crippen LogP contribution in [0.4, 0.5) is 0 Å². The Morgan fingerprint density at radius 3 is 1.88 bits per heavy atom. The summed E-state index contributed by atoms with van der Waals surface area (Å²) in [6, 6.07) is -1.05. The van der Waals surface area contributed by atoms with Gasteiger partial charge in [-0.05, 0) is 64.7 Å². The molecular formula is C44H69NO15.